The van der Waals surface area contributed by atoms with E-state index in [-0.39, 0.29) is 330 Å². The summed E-state index contributed by atoms with van der Waals surface area (Å²) in [5.41, 5.74) is 0. The molecule has 0 unspecified atom stereocenters. The average Bonchev–Trinajstić information content (AvgIpc) is 0. The molecule has 0 saturated heterocycles. The quantitative estimate of drug-likeness (QED) is 0.210. The average molecular weight is 729 g/mol. The summed E-state index contributed by atoms with van der Waals surface area (Å²) in [6, 6.07) is 0. The molecule has 0 saturated carbocycles. The van der Waals surface area contributed by atoms with E-state index in [9.17, 15) is 0 Å². The van der Waals surface area contributed by atoms with Gasteiger partial charge in [0.1, 0.15) is 0 Å². The fraction of sp³-hybridized carbons (Fsp3) is 0. The van der Waals surface area contributed by atoms with E-state index in [4.69, 9.17) is 0 Å². The van der Waals surface area contributed by atoms with Crippen molar-refractivity contribution in [2.45, 2.75) is 0 Å². The van der Waals surface area contributed by atoms with Crippen molar-refractivity contribution in [2.75, 3.05) is 0 Å². The molecule has 0 rings (SSSR count). The van der Waals surface area contributed by atoms with Crippen LogP contribution in [0.5, 0.6) is 0 Å². The number of rotatable bonds is 0. The third-order valence-corrected chi connectivity index (χ3v) is 0. The second kappa shape index (κ2) is 1000. The molecule has 0 heterocycles. The monoisotopic (exact) mass is 727 g/mol. The molecule has 0 aromatic carbocycles. The van der Waals surface area contributed by atoms with E-state index in [1.165, 1.54) is 0 Å². The van der Waals surface area contributed by atoms with Gasteiger partial charge in [-0.2, -0.15) is 0 Å². The SMILES string of the molecule is [Al+3].[Al+3].[Al+3].[Al+3].[Al+3].[Al+3].[Al+3].[Al+3].[Al+3].[Al+3].[Al+3].[Nd+3].[O-2].[O-2].[O-2].[O-2].[O-2].[O-2].[O-2].[O-2].[O-2].[O-2].[O-2].[O-2].[O-2].[O-2].[O-2].[O-2].[O-2].[O-2]. The van der Waals surface area contributed by atoms with Crippen LogP contribution in [0.4, 0.5) is 0 Å². The molecule has 0 aliphatic heterocycles. The second-order valence-electron chi connectivity index (χ2n) is 0. The molecule has 0 bridgehead atoms. The maximum atomic E-state index is 0. The van der Waals surface area contributed by atoms with Crippen LogP contribution >= 0.6 is 0 Å². The van der Waals surface area contributed by atoms with Crippen molar-refractivity contribution in [1.29, 1.82) is 0 Å². The van der Waals surface area contributed by atoms with E-state index in [1.54, 1.807) is 0 Å². The van der Waals surface area contributed by atoms with Gasteiger partial charge in [-0.25, -0.2) is 0 Å². The molecule has 1 radical (unpaired) electrons. The van der Waals surface area contributed by atoms with Gasteiger partial charge in [0.25, 0.3) is 0 Å². The molecule has 0 N–H and O–H groups in total. The van der Waals surface area contributed by atoms with Gasteiger partial charge in [0.15, 0.2) is 0 Å². The van der Waals surface area contributed by atoms with E-state index in [1.807, 2.05) is 0 Å². The zero-order valence-electron chi connectivity index (χ0n) is 14.2. The normalized spacial score (nSPS) is 0. The first-order valence-electron chi connectivity index (χ1n) is 0. The predicted molar refractivity (Wildman–Crippen MR) is 75.7 cm³/mol. The van der Waals surface area contributed by atoms with Crippen LogP contribution in [0.2, 0.25) is 0 Å². The van der Waals surface area contributed by atoms with E-state index in [0.29, 0.717) is 0 Å². The smallest absolute Gasteiger partial charge is 2.00 e. The summed E-state index contributed by atoms with van der Waals surface area (Å²) in [4.78, 5) is 0. The largest absolute Gasteiger partial charge is 3.00 e. The van der Waals surface area contributed by atoms with Crippen molar-refractivity contribution in [1.82, 2.24) is 0 Å². The third kappa shape index (κ3) is 919. The van der Waals surface area contributed by atoms with Crippen LogP contribution in [0, 0.1) is 40.8 Å². The van der Waals surface area contributed by atoms with Gasteiger partial charge in [-0.3, -0.25) is 0 Å². The molecule has 0 aromatic heterocycles. The van der Waals surface area contributed by atoms with Gasteiger partial charge in [-0.15, -0.1) is 0 Å². The number of hydrogen-bond donors (Lipinski definition) is 0. The van der Waals surface area contributed by atoms with Crippen LogP contribution in [0.25, 0.3) is 0 Å². The van der Waals surface area contributed by atoms with Crippen LogP contribution in [-0.4, -0.2) is 191 Å². The molecule has 145 valence electrons. The molecule has 0 aliphatic rings. The van der Waals surface area contributed by atoms with Crippen LogP contribution in [-0.2, 0) is 98.6 Å². The Morgan fingerprint density at radius 1 is 0.100 bits per heavy atom. The van der Waals surface area contributed by atoms with Crippen LogP contribution < -0.4 is 0 Å². The summed E-state index contributed by atoms with van der Waals surface area (Å²) in [5, 5.41) is 0. The maximum absolute atomic E-state index is 0. The van der Waals surface area contributed by atoms with E-state index in [0.717, 1.165) is 0 Å². The van der Waals surface area contributed by atoms with Crippen molar-refractivity contribution in [3.05, 3.63) is 0 Å². The fourth-order valence-electron chi connectivity index (χ4n) is 0. The molecular formula is Al11NdO18. The van der Waals surface area contributed by atoms with E-state index >= 15 is 0 Å². The van der Waals surface area contributed by atoms with Gasteiger partial charge in [0.05, 0.1) is 0 Å². The Balaban J connectivity index is 0. The van der Waals surface area contributed by atoms with Crippen molar-refractivity contribution in [3.8, 4) is 0 Å². The molecule has 30 heavy (non-hydrogen) atoms. The molecule has 0 spiro atoms. The molecular weight excluding hydrogens is 729 g/mol. The van der Waals surface area contributed by atoms with Gasteiger partial charge >= 0.3 is 232 Å². The summed E-state index contributed by atoms with van der Waals surface area (Å²) in [7, 11) is 0. The Labute approximate surface area is 325 Å². The molecule has 0 amide bonds. The Bertz CT molecular complexity index is 34.1. The topological polar surface area (TPSA) is 513 Å². The molecule has 0 aliphatic carbocycles. The molecule has 18 nitrogen and oxygen atoms in total. The summed E-state index contributed by atoms with van der Waals surface area (Å²) < 4.78 is 0. The van der Waals surface area contributed by atoms with Crippen molar-refractivity contribution in [2.24, 2.45) is 0 Å². The second-order valence-corrected chi connectivity index (χ2v) is 0. The zero-order valence-corrected chi connectivity index (χ0v) is 30.1. The zero-order chi connectivity index (χ0) is 0. The standard InChI is InChI=1S/11Al.Nd.18O/q12*+3;18*-2. The van der Waals surface area contributed by atoms with Crippen molar-refractivity contribution < 1.29 is 139 Å². The minimum Gasteiger partial charge on any atom is -2.00 e. The first-order valence-corrected chi connectivity index (χ1v) is 0. The summed E-state index contributed by atoms with van der Waals surface area (Å²) in [6.07, 6.45) is 0. The van der Waals surface area contributed by atoms with Crippen LogP contribution in [0.3, 0.4) is 0 Å². The van der Waals surface area contributed by atoms with Crippen molar-refractivity contribution >= 4 is 191 Å². The van der Waals surface area contributed by atoms with E-state index < -0.39 is 0 Å². The van der Waals surface area contributed by atoms with E-state index in [2.05, 4.69) is 0 Å². The Kier molecular flexibility index (Phi) is 36500. The Hall–Kier alpha value is 6.49. The van der Waals surface area contributed by atoms with Gasteiger partial charge < -0.3 is 98.6 Å². The van der Waals surface area contributed by atoms with Crippen LogP contribution in [0.1, 0.15) is 0 Å². The Morgan fingerprint density at radius 3 is 0.100 bits per heavy atom. The fourth-order valence-corrected chi connectivity index (χ4v) is 0. The summed E-state index contributed by atoms with van der Waals surface area (Å²) in [5.74, 6) is 0. The van der Waals surface area contributed by atoms with Gasteiger partial charge in [-0.1, -0.05) is 0 Å². The van der Waals surface area contributed by atoms with Gasteiger partial charge in [0.2, 0.25) is 0 Å². The molecule has 0 fully saturated rings. The summed E-state index contributed by atoms with van der Waals surface area (Å²) in [6.45, 7) is 0. The minimum atomic E-state index is 0. The van der Waals surface area contributed by atoms with Gasteiger partial charge in [0, 0.05) is 0 Å². The third-order valence-electron chi connectivity index (χ3n) is 0. The first kappa shape index (κ1) is 1090. The van der Waals surface area contributed by atoms with Crippen LogP contribution in [0.15, 0.2) is 0 Å². The Morgan fingerprint density at radius 2 is 0.100 bits per heavy atom. The minimum absolute atomic E-state index is 0. The molecule has 0 atom stereocenters. The van der Waals surface area contributed by atoms with Crippen molar-refractivity contribution in [3.63, 3.8) is 0 Å². The molecule has 30 heteroatoms. The maximum Gasteiger partial charge on any atom is 3.00 e. The summed E-state index contributed by atoms with van der Waals surface area (Å²) >= 11 is 0. The predicted octanol–water partition coefficient (Wildman–Crippen LogP) is -6.33. The molecule has 0 aromatic rings. The number of hydrogen-bond acceptors (Lipinski definition) is 0. The van der Waals surface area contributed by atoms with Gasteiger partial charge in [-0.05, 0) is 0 Å². The first-order chi connectivity index (χ1) is 0.